The maximum atomic E-state index is 12.7. The number of non-ortho nitro benzene ring substituents is 1. The molecule has 2 amide bonds. The quantitative estimate of drug-likeness (QED) is 0.157. The smallest absolute Gasteiger partial charge is 0.272 e. The lowest BCUT2D eigenvalue weighted by Crippen LogP contribution is -2.38. The molecule has 0 spiro atoms. The van der Waals surface area contributed by atoms with E-state index in [9.17, 15) is 25.0 Å². The van der Waals surface area contributed by atoms with Crippen LogP contribution in [0.3, 0.4) is 0 Å². The van der Waals surface area contributed by atoms with Crippen LogP contribution >= 0.6 is 11.6 Å². The molecule has 0 bridgehead atoms. The molecule has 0 N–H and O–H groups in total. The van der Waals surface area contributed by atoms with Gasteiger partial charge in [0.1, 0.15) is 11.8 Å². The van der Waals surface area contributed by atoms with Crippen molar-refractivity contribution in [3.63, 3.8) is 0 Å². The monoisotopic (exact) mass is 516 g/mol. The Kier molecular flexibility index (Phi) is 7.27. The first kappa shape index (κ1) is 25.5. The van der Waals surface area contributed by atoms with Gasteiger partial charge in [-0.05, 0) is 49.7 Å². The Hall–Kier alpha value is -4.62. The van der Waals surface area contributed by atoms with E-state index >= 15 is 0 Å². The molecule has 4 rings (SSSR count). The lowest BCUT2D eigenvalue weighted by Gasteiger charge is -2.26. The zero-order valence-corrected chi connectivity index (χ0v) is 20.8. The van der Waals surface area contributed by atoms with Crippen LogP contribution in [0.1, 0.15) is 38.8 Å². The molecule has 11 heteroatoms. The van der Waals surface area contributed by atoms with Crippen molar-refractivity contribution < 1.29 is 14.5 Å². The number of nitro groups is 1. The van der Waals surface area contributed by atoms with E-state index in [-0.39, 0.29) is 40.3 Å². The van der Waals surface area contributed by atoms with E-state index in [0.717, 1.165) is 23.4 Å². The highest BCUT2D eigenvalue weighted by molar-refractivity contribution is 6.33. The number of likely N-dealkylation sites (N-methyl/N-ethyl adjacent to an activating group) is 1. The van der Waals surface area contributed by atoms with Crippen molar-refractivity contribution in [1.29, 1.82) is 5.26 Å². The Labute approximate surface area is 217 Å². The van der Waals surface area contributed by atoms with Gasteiger partial charge in [-0.3, -0.25) is 24.6 Å². The fraction of sp³-hybridized carbons (Fsp3) is 0.192. The number of nitrogens with zero attached hydrogens (tertiary/aromatic N) is 6. The van der Waals surface area contributed by atoms with E-state index in [0.29, 0.717) is 29.9 Å². The highest BCUT2D eigenvalue weighted by Gasteiger charge is 2.34. The lowest BCUT2D eigenvalue weighted by atomic mass is 10.1. The molecular formula is C26H21ClN6O4. The molecule has 1 aliphatic heterocycles. The molecule has 1 aliphatic rings. The van der Waals surface area contributed by atoms with Crippen LogP contribution in [0.4, 0.5) is 22.7 Å². The predicted molar refractivity (Wildman–Crippen MR) is 138 cm³/mol. The normalized spacial score (nSPS) is 12.6. The fourth-order valence-corrected chi connectivity index (χ4v) is 4.31. The molecule has 0 saturated heterocycles. The number of halogens is 1. The summed E-state index contributed by atoms with van der Waals surface area (Å²) < 4.78 is 0. The van der Waals surface area contributed by atoms with E-state index in [2.05, 4.69) is 10.2 Å². The molecule has 0 aromatic heterocycles. The number of hydrogen-bond acceptors (Lipinski definition) is 8. The highest BCUT2D eigenvalue weighted by Crippen LogP contribution is 2.35. The van der Waals surface area contributed by atoms with Crippen molar-refractivity contribution in [3.05, 3.63) is 92.0 Å². The van der Waals surface area contributed by atoms with Gasteiger partial charge in [0, 0.05) is 37.5 Å². The van der Waals surface area contributed by atoms with Crippen molar-refractivity contribution in [3.8, 4) is 6.07 Å². The molecule has 37 heavy (non-hydrogen) atoms. The SMILES string of the molecule is CCN(CCN1C(=O)c2ccccc2C1=O)c1ccc(/N=N/c2c(Cl)cc([N+](=O)[O-])cc2C#N)c(C)c1. The minimum Gasteiger partial charge on any atom is -0.370 e. The minimum atomic E-state index is -0.635. The number of fused-ring (bicyclic) bond motifs is 1. The van der Waals surface area contributed by atoms with Gasteiger partial charge >= 0.3 is 0 Å². The summed E-state index contributed by atoms with van der Waals surface area (Å²) in [5, 5.41) is 28.6. The number of amides is 2. The lowest BCUT2D eigenvalue weighted by molar-refractivity contribution is -0.384. The molecule has 3 aromatic carbocycles. The van der Waals surface area contributed by atoms with Crippen molar-refractivity contribution in [2.75, 3.05) is 24.5 Å². The summed E-state index contributed by atoms with van der Waals surface area (Å²) in [5.41, 5.74) is 2.73. The van der Waals surface area contributed by atoms with Crippen LogP contribution in [0.5, 0.6) is 0 Å². The summed E-state index contributed by atoms with van der Waals surface area (Å²) in [6.45, 7) is 5.17. The number of imide groups is 1. The maximum Gasteiger partial charge on any atom is 0.272 e. The van der Waals surface area contributed by atoms with Crippen molar-refractivity contribution in [2.24, 2.45) is 10.2 Å². The summed E-state index contributed by atoms with van der Waals surface area (Å²) in [6, 6.07) is 16.4. The first-order chi connectivity index (χ1) is 17.7. The van der Waals surface area contributed by atoms with Gasteiger partial charge in [0.15, 0.2) is 0 Å². The number of aryl methyl sites for hydroxylation is 1. The summed E-state index contributed by atoms with van der Waals surface area (Å²) in [5.74, 6) is -0.574. The van der Waals surface area contributed by atoms with Crippen LogP contribution < -0.4 is 4.90 Å². The minimum absolute atomic E-state index is 0.0471. The van der Waals surface area contributed by atoms with Gasteiger partial charge in [-0.1, -0.05) is 23.7 Å². The molecule has 0 aliphatic carbocycles. The second kappa shape index (κ2) is 10.6. The average Bonchev–Trinajstić information content (AvgIpc) is 3.13. The number of benzene rings is 3. The van der Waals surface area contributed by atoms with Gasteiger partial charge in [0.05, 0.1) is 32.3 Å². The number of azo groups is 1. The molecular weight excluding hydrogens is 496 g/mol. The van der Waals surface area contributed by atoms with Gasteiger partial charge in [0.25, 0.3) is 17.5 Å². The summed E-state index contributed by atoms with van der Waals surface area (Å²) in [6.07, 6.45) is 0. The van der Waals surface area contributed by atoms with E-state index in [1.165, 1.54) is 4.90 Å². The van der Waals surface area contributed by atoms with Crippen LogP contribution in [-0.4, -0.2) is 41.3 Å². The van der Waals surface area contributed by atoms with E-state index in [4.69, 9.17) is 11.6 Å². The average molecular weight is 517 g/mol. The topological polar surface area (TPSA) is 132 Å². The number of rotatable bonds is 8. The molecule has 0 unspecified atom stereocenters. The van der Waals surface area contributed by atoms with Gasteiger partial charge in [0.2, 0.25) is 0 Å². The van der Waals surface area contributed by atoms with Crippen LogP contribution in [0.15, 0.2) is 64.8 Å². The second-order valence-corrected chi connectivity index (χ2v) is 8.66. The number of hydrogen-bond donors (Lipinski definition) is 0. The Bertz CT molecular complexity index is 1460. The third-order valence-electron chi connectivity index (χ3n) is 6.04. The first-order valence-electron chi connectivity index (χ1n) is 11.4. The number of nitro benzene ring substituents is 1. The molecule has 0 radical (unpaired) electrons. The molecule has 1 heterocycles. The molecule has 3 aromatic rings. The molecule has 10 nitrogen and oxygen atoms in total. The largest absolute Gasteiger partial charge is 0.370 e. The van der Waals surface area contributed by atoms with Crippen LogP contribution in [-0.2, 0) is 0 Å². The number of anilines is 1. The van der Waals surface area contributed by atoms with E-state index in [1.807, 2.05) is 36.9 Å². The maximum absolute atomic E-state index is 12.7. The molecule has 0 saturated carbocycles. The van der Waals surface area contributed by atoms with Crippen molar-refractivity contribution >= 4 is 46.2 Å². The van der Waals surface area contributed by atoms with Crippen LogP contribution in [0, 0.1) is 28.4 Å². The predicted octanol–water partition coefficient (Wildman–Crippen LogP) is 5.97. The number of carbonyl (C=O) groups excluding carboxylic acids is 2. The van der Waals surface area contributed by atoms with E-state index < -0.39 is 4.92 Å². The molecule has 0 fully saturated rings. The summed E-state index contributed by atoms with van der Waals surface area (Å²) in [4.78, 5) is 39.0. The first-order valence-corrected chi connectivity index (χ1v) is 11.7. The highest BCUT2D eigenvalue weighted by atomic mass is 35.5. The summed E-state index contributed by atoms with van der Waals surface area (Å²) in [7, 11) is 0. The Balaban J connectivity index is 1.50. The Morgan fingerprint density at radius 2 is 1.76 bits per heavy atom. The third-order valence-corrected chi connectivity index (χ3v) is 6.32. The number of carbonyl (C=O) groups is 2. The fourth-order valence-electron chi connectivity index (χ4n) is 4.06. The third kappa shape index (κ3) is 5.03. The van der Waals surface area contributed by atoms with Gasteiger partial charge in [-0.2, -0.15) is 10.4 Å². The van der Waals surface area contributed by atoms with Crippen molar-refractivity contribution in [2.45, 2.75) is 13.8 Å². The van der Waals surface area contributed by atoms with Crippen molar-refractivity contribution in [1.82, 2.24) is 4.90 Å². The van der Waals surface area contributed by atoms with Gasteiger partial charge in [-0.15, -0.1) is 5.11 Å². The second-order valence-electron chi connectivity index (χ2n) is 8.25. The Morgan fingerprint density at radius 1 is 1.08 bits per heavy atom. The number of nitriles is 1. The van der Waals surface area contributed by atoms with E-state index in [1.54, 1.807) is 30.3 Å². The van der Waals surface area contributed by atoms with Crippen LogP contribution in [0.2, 0.25) is 5.02 Å². The zero-order valence-electron chi connectivity index (χ0n) is 20.0. The molecule has 0 atom stereocenters. The van der Waals surface area contributed by atoms with Crippen LogP contribution in [0.25, 0.3) is 0 Å². The summed E-state index contributed by atoms with van der Waals surface area (Å²) >= 11 is 6.12. The van der Waals surface area contributed by atoms with Gasteiger partial charge < -0.3 is 4.90 Å². The standard InChI is InChI=1S/C26H21ClN6O4/c1-3-31(10-11-32-25(34)20-6-4-5-7-21(20)26(32)35)18-8-9-23(16(2)12-18)29-30-24-17(15-28)13-19(33(36)37)14-22(24)27/h4-9,12-14H,3,10-11H2,1-2H3/b30-29+. The Morgan fingerprint density at radius 3 is 2.32 bits per heavy atom. The zero-order chi connectivity index (χ0) is 26.7. The van der Waals surface area contributed by atoms with Gasteiger partial charge in [-0.25, -0.2) is 0 Å². The molecule has 186 valence electrons.